The average molecular weight is 474 g/mol. The molecule has 0 bridgehead atoms. The molecular formula is C25H22N4O6. The van der Waals surface area contributed by atoms with Crippen molar-refractivity contribution in [2.24, 2.45) is 0 Å². The second-order valence-electron chi connectivity index (χ2n) is 8.31. The van der Waals surface area contributed by atoms with Crippen molar-refractivity contribution in [3.05, 3.63) is 93.7 Å². The highest BCUT2D eigenvalue weighted by molar-refractivity contribution is 5.84. The number of aliphatic hydroxyl groups excluding tert-OH is 2. The summed E-state index contributed by atoms with van der Waals surface area (Å²) < 4.78 is 5.44. The Morgan fingerprint density at radius 1 is 1.09 bits per heavy atom. The quantitative estimate of drug-likeness (QED) is 0.237. The van der Waals surface area contributed by atoms with E-state index in [0.29, 0.717) is 5.39 Å². The molecule has 3 aromatic carbocycles. The van der Waals surface area contributed by atoms with Gasteiger partial charge in [0.1, 0.15) is 18.8 Å². The van der Waals surface area contributed by atoms with E-state index in [9.17, 15) is 25.1 Å². The predicted molar refractivity (Wildman–Crippen MR) is 127 cm³/mol. The molecule has 4 N–H and O–H groups in total. The smallest absolute Gasteiger partial charge is 0.407 e. The molecule has 0 saturated carbocycles. The molecule has 1 aliphatic carbocycles. The normalized spacial score (nSPS) is 14.2. The summed E-state index contributed by atoms with van der Waals surface area (Å²) in [5, 5.41) is 41.3. The summed E-state index contributed by atoms with van der Waals surface area (Å²) in [6.07, 6.45) is -3.49. The van der Waals surface area contributed by atoms with Crippen LogP contribution in [0, 0.1) is 10.1 Å². The monoisotopic (exact) mass is 474 g/mol. The highest BCUT2D eigenvalue weighted by Gasteiger charge is 2.29. The molecule has 0 fully saturated rings. The highest BCUT2D eigenvalue weighted by Crippen LogP contribution is 2.44. The van der Waals surface area contributed by atoms with Gasteiger partial charge in [-0.1, -0.05) is 48.5 Å². The van der Waals surface area contributed by atoms with E-state index in [2.05, 4.69) is 15.5 Å². The van der Waals surface area contributed by atoms with E-state index in [1.807, 2.05) is 48.5 Å². The van der Waals surface area contributed by atoms with E-state index in [0.717, 1.165) is 22.3 Å². The van der Waals surface area contributed by atoms with Crippen LogP contribution in [0.25, 0.3) is 22.0 Å². The number of nitro benzene ring substituents is 1. The number of non-ortho nitro benzene ring substituents is 1. The molecule has 178 valence electrons. The molecule has 10 heteroatoms. The van der Waals surface area contributed by atoms with Gasteiger partial charge in [0.15, 0.2) is 0 Å². The van der Waals surface area contributed by atoms with Crippen LogP contribution in [0.1, 0.15) is 28.8 Å². The Hall–Kier alpha value is -4.28. The number of ether oxygens (including phenoxy) is 1. The minimum atomic E-state index is -1.41. The Kier molecular flexibility index (Phi) is 5.89. The van der Waals surface area contributed by atoms with Crippen molar-refractivity contribution in [1.29, 1.82) is 0 Å². The van der Waals surface area contributed by atoms with Crippen LogP contribution in [0.5, 0.6) is 0 Å². The Labute approximate surface area is 199 Å². The van der Waals surface area contributed by atoms with Gasteiger partial charge in [0.2, 0.25) is 0 Å². The third-order valence-electron chi connectivity index (χ3n) is 6.24. The summed E-state index contributed by atoms with van der Waals surface area (Å²) >= 11 is 0. The minimum absolute atomic E-state index is 0.0934. The lowest BCUT2D eigenvalue weighted by Gasteiger charge is -2.18. The number of hydrogen-bond acceptors (Lipinski definition) is 7. The zero-order chi connectivity index (χ0) is 24.5. The van der Waals surface area contributed by atoms with Crippen LogP contribution in [0.15, 0.2) is 66.7 Å². The fraction of sp³-hybridized carbons (Fsp3) is 0.200. The first-order valence-electron chi connectivity index (χ1n) is 11.0. The van der Waals surface area contributed by atoms with E-state index in [-0.39, 0.29) is 36.0 Å². The zero-order valence-corrected chi connectivity index (χ0v) is 18.4. The number of aromatic amines is 1. The number of H-pyrrole nitrogens is 1. The van der Waals surface area contributed by atoms with E-state index in [1.54, 1.807) is 0 Å². The van der Waals surface area contributed by atoms with Crippen LogP contribution in [-0.4, -0.2) is 50.7 Å². The van der Waals surface area contributed by atoms with Crippen LogP contribution in [-0.2, 0) is 4.74 Å². The van der Waals surface area contributed by atoms with Crippen LogP contribution >= 0.6 is 0 Å². The van der Waals surface area contributed by atoms with Crippen molar-refractivity contribution in [1.82, 2.24) is 15.5 Å². The standard InChI is InChI=1S/C25H22N4O6/c30-22(24(31)23-19-10-9-14(29(33)34)11-21(19)27-28-23)12-26-25(32)35-13-20-17-7-3-1-5-15(17)16-6-2-4-8-18(16)20/h1-11,20,22,24,30-31H,12-13H2,(H,26,32)(H,27,28). The second-order valence-corrected chi connectivity index (χ2v) is 8.31. The first kappa shape index (κ1) is 22.5. The van der Waals surface area contributed by atoms with Crippen LogP contribution < -0.4 is 5.32 Å². The van der Waals surface area contributed by atoms with Gasteiger partial charge in [-0.25, -0.2) is 4.79 Å². The van der Waals surface area contributed by atoms with Gasteiger partial charge < -0.3 is 20.3 Å². The largest absolute Gasteiger partial charge is 0.449 e. The van der Waals surface area contributed by atoms with Crippen LogP contribution in [0.3, 0.4) is 0 Å². The molecule has 10 nitrogen and oxygen atoms in total. The summed E-state index contributed by atoms with van der Waals surface area (Å²) in [6, 6.07) is 20.0. The molecule has 0 saturated heterocycles. The number of rotatable bonds is 7. The van der Waals surface area contributed by atoms with Gasteiger partial charge in [-0.3, -0.25) is 15.2 Å². The number of hydrogen-bond donors (Lipinski definition) is 4. The Balaban J connectivity index is 1.20. The molecule has 2 atom stereocenters. The number of fused-ring (bicyclic) bond motifs is 4. The molecule has 0 spiro atoms. The van der Waals surface area contributed by atoms with Gasteiger partial charge in [-0.2, -0.15) is 5.10 Å². The number of carbonyl (C=O) groups is 1. The maximum atomic E-state index is 12.3. The topological polar surface area (TPSA) is 151 Å². The molecule has 0 aliphatic heterocycles. The summed E-state index contributed by atoms with van der Waals surface area (Å²) in [5.41, 5.74) is 4.75. The van der Waals surface area contributed by atoms with Crippen molar-refractivity contribution in [2.45, 2.75) is 18.1 Å². The molecule has 0 radical (unpaired) electrons. The third kappa shape index (κ3) is 4.20. The summed E-state index contributed by atoms with van der Waals surface area (Å²) in [7, 11) is 0. The molecule has 2 unspecified atom stereocenters. The van der Waals surface area contributed by atoms with Gasteiger partial charge in [0, 0.05) is 30.0 Å². The maximum Gasteiger partial charge on any atom is 0.407 e. The lowest BCUT2D eigenvalue weighted by Crippen LogP contribution is -2.36. The molecule has 1 amide bonds. The number of nitro groups is 1. The Morgan fingerprint density at radius 2 is 1.74 bits per heavy atom. The van der Waals surface area contributed by atoms with Crippen molar-refractivity contribution in [3.63, 3.8) is 0 Å². The van der Waals surface area contributed by atoms with E-state index in [4.69, 9.17) is 4.74 Å². The van der Waals surface area contributed by atoms with E-state index < -0.39 is 23.2 Å². The molecule has 35 heavy (non-hydrogen) atoms. The Morgan fingerprint density at radius 3 is 2.40 bits per heavy atom. The van der Waals surface area contributed by atoms with Crippen molar-refractivity contribution < 1.29 is 24.7 Å². The molecule has 4 aromatic rings. The lowest BCUT2D eigenvalue weighted by atomic mass is 9.98. The summed E-state index contributed by atoms with van der Waals surface area (Å²) in [5.74, 6) is -0.0934. The lowest BCUT2D eigenvalue weighted by molar-refractivity contribution is -0.384. The van der Waals surface area contributed by atoms with Gasteiger partial charge in [-0.15, -0.1) is 0 Å². The SMILES string of the molecule is O=C(NCC(O)C(O)c1[nH]nc2cc([N+](=O)[O-])ccc12)OCC1c2ccccc2-c2ccccc21. The molecular weight excluding hydrogens is 452 g/mol. The third-order valence-corrected chi connectivity index (χ3v) is 6.24. The van der Waals surface area contributed by atoms with Gasteiger partial charge in [0.05, 0.1) is 16.1 Å². The van der Waals surface area contributed by atoms with Crippen LogP contribution in [0.4, 0.5) is 10.5 Å². The predicted octanol–water partition coefficient (Wildman–Crippen LogP) is 3.40. The number of benzene rings is 3. The number of nitrogens with one attached hydrogen (secondary N) is 2. The van der Waals surface area contributed by atoms with E-state index >= 15 is 0 Å². The highest BCUT2D eigenvalue weighted by atomic mass is 16.6. The molecule has 1 aliphatic rings. The zero-order valence-electron chi connectivity index (χ0n) is 18.4. The maximum absolute atomic E-state index is 12.3. The minimum Gasteiger partial charge on any atom is -0.449 e. The summed E-state index contributed by atoms with van der Waals surface area (Å²) in [6.45, 7) is -0.145. The van der Waals surface area contributed by atoms with Crippen molar-refractivity contribution >= 4 is 22.7 Å². The first-order chi connectivity index (χ1) is 16.9. The van der Waals surface area contributed by atoms with Crippen molar-refractivity contribution in [3.8, 4) is 11.1 Å². The van der Waals surface area contributed by atoms with Crippen molar-refractivity contribution in [2.75, 3.05) is 13.2 Å². The number of aliphatic hydroxyl groups is 2. The number of nitrogens with zero attached hydrogens (tertiary/aromatic N) is 2. The fourth-order valence-electron chi connectivity index (χ4n) is 4.50. The first-order valence-corrected chi connectivity index (χ1v) is 11.0. The average Bonchev–Trinajstić information content (AvgIpc) is 3.44. The van der Waals surface area contributed by atoms with E-state index in [1.165, 1.54) is 18.2 Å². The van der Waals surface area contributed by atoms with Gasteiger partial charge in [-0.05, 0) is 28.3 Å². The number of amides is 1. The van der Waals surface area contributed by atoms with Crippen LogP contribution in [0.2, 0.25) is 0 Å². The Bertz CT molecular complexity index is 1370. The van der Waals surface area contributed by atoms with Gasteiger partial charge in [0.25, 0.3) is 5.69 Å². The summed E-state index contributed by atoms with van der Waals surface area (Å²) in [4.78, 5) is 22.7. The molecule has 1 aromatic heterocycles. The van der Waals surface area contributed by atoms with Gasteiger partial charge >= 0.3 is 6.09 Å². The number of alkyl carbamates (subject to hydrolysis) is 1. The number of carbonyl (C=O) groups excluding carboxylic acids is 1. The second kappa shape index (κ2) is 9.16. The molecule has 5 rings (SSSR count). The fourth-order valence-corrected chi connectivity index (χ4v) is 4.50. The number of aromatic nitrogens is 2. The molecule has 1 heterocycles.